The number of allylic oxidation sites excluding steroid dienone is 2. The smallest absolute Gasteiger partial charge is 0.410 e. The van der Waals surface area contributed by atoms with E-state index in [4.69, 9.17) is 19.9 Å². The second-order valence-corrected chi connectivity index (χ2v) is 16.0. The molecule has 3 saturated heterocycles. The van der Waals surface area contributed by atoms with Gasteiger partial charge in [-0.25, -0.2) is 22.9 Å². The van der Waals surface area contributed by atoms with Crippen LogP contribution in [0.25, 0.3) is 11.1 Å². The van der Waals surface area contributed by atoms with Crippen molar-refractivity contribution in [3.63, 3.8) is 0 Å². The Hall–Kier alpha value is -5.18. The van der Waals surface area contributed by atoms with Gasteiger partial charge in [0.05, 0.1) is 50.5 Å². The fourth-order valence-corrected chi connectivity index (χ4v) is 7.59. The Morgan fingerprint density at radius 3 is 1.72 bits per heavy atom. The van der Waals surface area contributed by atoms with Crippen LogP contribution in [0, 0.1) is 23.5 Å². The van der Waals surface area contributed by atoms with Gasteiger partial charge in [-0.2, -0.15) is 0 Å². The molecule has 6 heterocycles. The molecule has 12 nitrogen and oxygen atoms in total. The van der Waals surface area contributed by atoms with Crippen molar-refractivity contribution in [1.82, 2.24) is 29.7 Å². The average Bonchev–Trinajstić information content (AvgIpc) is 3.20. The molecule has 6 rings (SSSR count). The van der Waals surface area contributed by atoms with Crippen molar-refractivity contribution < 1.29 is 37.0 Å². The summed E-state index contributed by atoms with van der Waals surface area (Å²) in [6.07, 6.45) is 10.3. The molecule has 314 valence electrons. The number of piperidine rings is 3. The second kappa shape index (κ2) is 20.0. The molecule has 15 heteroatoms. The minimum Gasteiger partial charge on any atom is -0.504 e. The highest BCUT2D eigenvalue weighted by atomic mass is 19.1. The number of hydrogen-bond donors (Lipinski definition) is 1. The first-order valence-electron chi connectivity index (χ1n) is 19.8. The number of ether oxygens (including phenoxy) is 3. The Morgan fingerprint density at radius 2 is 1.29 bits per heavy atom. The third kappa shape index (κ3) is 12.2. The van der Waals surface area contributed by atoms with E-state index in [1.54, 1.807) is 54.9 Å². The van der Waals surface area contributed by atoms with Gasteiger partial charge in [0.2, 0.25) is 0 Å². The van der Waals surface area contributed by atoms with E-state index in [0.717, 1.165) is 29.6 Å². The molecule has 0 aliphatic carbocycles. The normalized spacial score (nSPS) is 18.6. The van der Waals surface area contributed by atoms with E-state index in [0.29, 0.717) is 75.9 Å². The maximum atomic E-state index is 15.7. The summed E-state index contributed by atoms with van der Waals surface area (Å²) in [4.78, 5) is 43.1. The lowest BCUT2D eigenvalue weighted by Crippen LogP contribution is -2.53. The quantitative estimate of drug-likeness (QED) is 0.220. The van der Waals surface area contributed by atoms with Gasteiger partial charge in [-0.3, -0.25) is 19.7 Å². The first kappa shape index (κ1) is 43.9. The van der Waals surface area contributed by atoms with E-state index in [9.17, 15) is 18.4 Å². The molecule has 2 N–H and O–H groups in total. The monoisotopic (exact) mass is 807 g/mol. The molecule has 0 aromatic carbocycles. The lowest BCUT2D eigenvalue weighted by Gasteiger charge is -2.40. The van der Waals surface area contributed by atoms with Crippen molar-refractivity contribution in [2.75, 3.05) is 59.2 Å². The molecule has 0 atom stereocenters. The van der Waals surface area contributed by atoms with Gasteiger partial charge in [-0.15, -0.1) is 0 Å². The van der Waals surface area contributed by atoms with Crippen LogP contribution in [0.15, 0.2) is 67.5 Å². The Kier molecular flexibility index (Phi) is 15.1. The molecular formula is C43H56F3N7O5. The molecule has 0 spiro atoms. The molecule has 0 bridgehead atoms. The fourth-order valence-electron chi connectivity index (χ4n) is 7.59. The zero-order valence-corrected chi connectivity index (χ0v) is 34.1. The minimum absolute atomic E-state index is 0.104. The molecule has 3 aliphatic heterocycles. The number of anilines is 1. The number of nitrogens with zero attached hydrogens (tertiary/aromatic N) is 6. The van der Waals surface area contributed by atoms with E-state index in [1.165, 1.54) is 24.5 Å². The van der Waals surface area contributed by atoms with Gasteiger partial charge in [-0.05, 0) is 100 Å². The van der Waals surface area contributed by atoms with Gasteiger partial charge in [0.15, 0.2) is 5.67 Å². The molecule has 3 aliphatic rings. The van der Waals surface area contributed by atoms with E-state index >= 15 is 4.39 Å². The summed E-state index contributed by atoms with van der Waals surface area (Å²) in [5.74, 6) is -0.392. The number of likely N-dealkylation sites (tertiary alicyclic amines) is 3. The predicted octanol–water partition coefficient (Wildman–Crippen LogP) is 7.28. The number of halogens is 3. The van der Waals surface area contributed by atoms with Crippen LogP contribution < -0.4 is 5.73 Å². The number of nitrogens with two attached hydrogens (primary N) is 1. The number of hydrogen-bond acceptors (Lipinski definition) is 10. The van der Waals surface area contributed by atoms with Crippen LogP contribution in [-0.4, -0.2) is 106 Å². The van der Waals surface area contributed by atoms with Gasteiger partial charge in [0.25, 0.3) is 5.91 Å². The van der Waals surface area contributed by atoms with Gasteiger partial charge >= 0.3 is 6.09 Å². The molecule has 3 fully saturated rings. The summed E-state index contributed by atoms with van der Waals surface area (Å²) in [5.41, 5.74) is 7.61. The number of amides is 2. The summed E-state index contributed by atoms with van der Waals surface area (Å²) in [6.45, 7) is 9.43. The van der Waals surface area contributed by atoms with E-state index in [1.807, 2.05) is 32.9 Å². The molecule has 3 aromatic heterocycles. The Balaban J connectivity index is 0.000000235. The second-order valence-electron chi connectivity index (χ2n) is 16.0. The third-order valence-electron chi connectivity index (χ3n) is 10.6. The lowest BCUT2D eigenvalue weighted by molar-refractivity contribution is -0.148. The number of alkyl halides is 1. The SMILES string of the molecule is COC=C(c1ccc(F)cn1)C1CCN(C(=O)C2(F)CCN(Cc3ccnc(N)c3)CC2)CC1.COC=C(c1ccc(F)cn1)C1CCN(C(=O)OC(C)(C)C)CC1. The fraction of sp³-hybridized carbons (Fsp3) is 0.512. The number of pyridine rings is 3. The highest BCUT2D eigenvalue weighted by molar-refractivity contribution is 5.85. The van der Waals surface area contributed by atoms with Crippen molar-refractivity contribution in [3.05, 3.63) is 96.1 Å². The summed E-state index contributed by atoms with van der Waals surface area (Å²) in [7, 11) is 3.14. The molecule has 3 aromatic rings. The van der Waals surface area contributed by atoms with Crippen LogP contribution >= 0.6 is 0 Å². The summed E-state index contributed by atoms with van der Waals surface area (Å²) in [6, 6.07) is 9.76. The van der Waals surface area contributed by atoms with Gasteiger partial charge in [0.1, 0.15) is 23.1 Å². The Morgan fingerprint density at radius 1 is 0.793 bits per heavy atom. The summed E-state index contributed by atoms with van der Waals surface area (Å²) < 4.78 is 57.9. The standard InChI is InChI=1S/C25H31F2N5O2.C18H25FN2O3/c1-34-17-21(22-3-2-20(26)15-30-22)19-5-10-32(11-6-19)24(33)25(27)7-12-31(13-8-25)16-18-4-9-29-23(28)14-18;1-18(2,3)24-17(22)21-9-7-13(8-10-21)15(12-23-4)16-6-5-14(19)11-20-16/h2-4,9,14-15,17,19H,5-8,10-13,16H2,1H3,(H2,28,29);5-6,11-13H,7-10H2,1-4H3. The summed E-state index contributed by atoms with van der Waals surface area (Å²) in [5, 5.41) is 0. The highest BCUT2D eigenvalue weighted by Crippen LogP contribution is 2.35. The van der Waals surface area contributed by atoms with Crippen LogP contribution in [-0.2, 0) is 25.5 Å². The molecule has 58 heavy (non-hydrogen) atoms. The minimum atomic E-state index is -1.83. The first-order chi connectivity index (χ1) is 27.7. The van der Waals surface area contributed by atoms with Crippen LogP contribution in [0.4, 0.5) is 23.8 Å². The molecular weight excluding hydrogens is 752 g/mol. The molecule has 0 radical (unpaired) electrons. The van der Waals surface area contributed by atoms with Gasteiger partial charge in [-0.1, -0.05) is 0 Å². The average molecular weight is 808 g/mol. The topological polar surface area (TPSA) is 136 Å². The van der Waals surface area contributed by atoms with E-state index in [-0.39, 0.29) is 36.6 Å². The van der Waals surface area contributed by atoms with Crippen LogP contribution in [0.3, 0.4) is 0 Å². The van der Waals surface area contributed by atoms with Crippen molar-refractivity contribution in [2.24, 2.45) is 11.8 Å². The zero-order chi connectivity index (χ0) is 41.9. The van der Waals surface area contributed by atoms with Crippen molar-refractivity contribution >= 4 is 29.0 Å². The number of carbonyl (C=O) groups excluding carboxylic acids is 2. The zero-order valence-electron chi connectivity index (χ0n) is 34.1. The number of methoxy groups -OCH3 is 2. The van der Waals surface area contributed by atoms with Crippen LogP contribution in [0.1, 0.15) is 76.2 Å². The van der Waals surface area contributed by atoms with Crippen molar-refractivity contribution in [3.8, 4) is 0 Å². The number of rotatable bonds is 9. The number of nitrogen functional groups attached to an aromatic ring is 1. The highest BCUT2D eigenvalue weighted by Gasteiger charge is 2.45. The van der Waals surface area contributed by atoms with Gasteiger partial charge in [0, 0.05) is 76.0 Å². The van der Waals surface area contributed by atoms with Crippen LogP contribution in [0.2, 0.25) is 0 Å². The first-order valence-corrected chi connectivity index (χ1v) is 19.8. The molecule has 0 unspecified atom stereocenters. The number of aromatic nitrogens is 3. The maximum absolute atomic E-state index is 15.7. The Labute approximate surface area is 339 Å². The molecule has 0 saturated carbocycles. The summed E-state index contributed by atoms with van der Waals surface area (Å²) >= 11 is 0. The largest absolute Gasteiger partial charge is 0.504 e. The molecule has 2 amide bonds. The predicted molar refractivity (Wildman–Crippen MR) is 215 cm³/mol. The van der Waals surface area contributed by atoms with Crippen molar-refractivity contribution in [2.45, 2.75) is 77.1 Å². The Bertz CT molecular complexity index is 1860. The van der Waals surface area contributed by atoms with Crippen molar-refractivity contribution in [1.29, 1.82) is 0 Å². The van der Waals surface area contributed by atoms with E-state index in [2.05, 4.69) is 19.9 Å². The third-order valence-corrected chi connectivity index (χ3v) is 10.6. The van der Waals surface area contributed by atoms with E-state index < -0.39 is 23.0 Å². The van der Waals surface area contributed by atoms with Crippen LogP contribution in [0.5, 0.6) is 0 Å². The maximum Gasteiger partial charge on any atom is 0.410 e. The lowest BCUT2D eigenvalue weighted by atomic mass is 9.86. The number of carbonyl (C=O) groups is 2. The van der Waals surface area contributed by atoms with Gasteiger partial charge < -0.3 is 29.7 Å².